The number of aliphatic hydroxyl groups is 1. The fourth-order valence-electron chi connectivity index (χ4n) is 0.518. The first kappa shape index (κ1) is 12.3. The topological polar surface area (TPSA) is 63.3 Å². The van der Waals surface area contributed by atoms with Gasteiger partial charge in [0, 0.05) is 5.92 Å². The van der Waals surface area contributed by atoms with Gasteiger partial charge in [0.05, 0.1) is 12.6 Å². The average Bonchev–Trinajstić information content (AvgIpc) is 1.84. The Morgan fingerprint density at radius 2 is 2.00 bits per heavy atom. The number of carbonyl (C=O) groups excluding carboxylic acids is 1. The predicted molar refractivity (Wildman–Crippen MR) is 41.6 cm³/mol. The molecular formula is C7H17NO2. The summed E-state index contributed by atoms with van der Waals surface area (Å²) >= 11 is 0. The highest BCUT2D eigenvalue weighted by Crippen LogP contribution is 1.96. The van der Waals surface area contributed by atoms with Gasteiger partial charge in [-0.3, -0.25) is 4.79 Å². The lowest BCUT2D eigenvalue weighted by molar-refractivity contribution is -0.123. The minimum atomic E-state index is -0.690. The van der Waals surface area contributed by atoms with Crippen molar-refractivity contribution < 1.29 is 9.90 Å². The molecule has 3 nitrogen and oxygen atoms in total. The van der Waals surface area contributed by atoms with E-state index in [4.69, 9.17) is 10.8 Å². The molecule has 0 aromatic heterocycles. The van der Waals surface area contributed by atoms with E-state index in [1.807, 2.05) is 0 Å². The molecule has 0 aliphatic carbocycles. The smallest absolute Gasteiger partial charge is 0.154 e. The van der Waals surface area contributed by atoms with Crippen LogP contribution in [0, 0.1) is 5.92 Å². The van der Waals surface area contributed by atoms with Crippen LogP contribution in [0.1, 0.15) is 21.3 Å². The van der Waals surface area contributed by atoms with Crippen molar-refractivity contribution >= 4 is 5.78 Å². The van der Waals surface area contributed by atoms with Crippen molar-refractivity contribution in [1.29, 1.82) is 0 Å². The van der Waals surface area contributed by atoms with Gasteiger partial charge in [-0.15, -0.1) is 0 Å². The normalized spacial score (nSPS) is 12.5. The molecule has 0 amide bonds. The number of carbonyl (C=O) groups is 1. The molecule has 0 bridgehead atoms. The van der Waals surface area contributed by atoms with Gasteiger partial charge >= 0.3 is 0 Å². The third-order valence-electron chi connectivity index (χ3n) is 1.13. The summed E-state index contributed by atoms with van der Waals surface area (Å²) in [5.74, 6) is -0.162. The minimum Gasteiger partial charge on any atom is -0.394 e. The van der Waals surface area contributed by atoms with Crippen LogP contribution in [0.5, 0.6) is 0 Å². The SMILES string of the molecule is C.CC(C)C(=O)[C@@H](N)CO. The fraction of sp³-hybridized carbons (Fsp3) is 0.857. The van der Waals surface area contributed by atoms with Crippen LogP contribution in [-0.2, 0) is 4.79 Å². The Hall–Kier alpha value is -0.410. The summed E-state index contributed by atoms with van der Waals surface area (Å²) in [7, 11) is 0. The molecule has 0 radical (unpaired) electrons. The third-order valence-corrected chi connectivity index (χ3v) is 1.13. The molecule has 0 heterocycles. The maximum absolute atomic E-state index is 10.8. The number of ketones is 1. The van der Waals surface area contributed by atoms with Crippen molar-refractivity contribution in [1.82, 2.24) is 0 Å². The Labute approximate surface area is 62.2 Å². The number of rotatable bonds is 3. The van der Waals surface area contributed by atoms with E-state index >= 15 is 0 Å². The summed E-state index contributed by atoms with van der Waals surface area (Å²) in [4.78, 5) is 10.8. The second-order valence-electron chi connectivity index (χ2n) is 2.35. The van der Waals surface area contributed by atoms with Crippen LogP contribution < -0.4 is 5.73 Å². The highest BCUT2D eigenvalue weighted by molar-refractivity contribution is 5.85. The molecule has 3 heteroatoms. The van der Waals surface area contributed by atoms with Crippen molar-refractivity contribution in [2.24, 2.45) is 11.7 Å². The molecule has 10 heavy (non-hydrogen) atoms. The van der Waals surface area contributed by atoms with Gasteiger partial charge in [0.25, 0.3) is 0 Å². The molecule has 0 unspecified atom stereocenters. The van der Waals surface area contributed by atoms with E-state index in [0.29, 0.717) is 0 Å². The molecule has 0 rings (SSSR count). The zero-order chi connectivity index (χ0) is 7.44. The molecule has 3 N–H and O–H groups in total. The van der Waals surface area contributed by atoms with Gasteiger partial charge in [0.1, 0.15) is 0 Å². The van der Waals surface area contributed by atoms with E-state index in [2.05, 4.69) is 0 Å². The van der Waals surface area contributed by atoms with Gasteiger partial charge in [0.15, 0.2) is 5.78 Å². The monoisotopic (exact) mass is 147 g/mol. The first-order chi connectivity index (χ1) is 4.09. The second-order valence-corrected chi connectivity index (χ2v) is 2.35. The summed E-state index contributed by atoms with van der Waals surface area (Å²) in [6.45, 7) is 3.27. The van der Waals surface area contributed by atoms with Crippen LogP contribution in [0.15, 0.2) is 0 Å². The standard InChI is InChI=1S/C6H13NO2.CH4/c1-4(2)6(9)5(7)3-8;/h4-5,8H,3,7H2,1-2H3;1H4/t5-;/m0./s1. The van der Waals surface area contributed by atoms with E-state index in [9.17, 15) is 4.79 Å². The average molecular weight is 147 g/mol. The Morgan fingerprint density at radius 3 is 2.10 bits per heavy atom. The van der Waals surface area contributed by atoms with E-state index in [1.54, 1.807) is 13.8 Å². The lowest BCUT2D eigenvalue weighted by Gasteiger charge is -2.08. The lowest BCUT2D eigenvalue weighted by Crippen LogP contribution is -2.36. The van der Waals surface area contributed by atoms with Crippen LogP contribution in [-0.4, -0.2) is 23.5 Å². The van der Waals surface area contributed by atoms with Crippen LogP contribution in [0.4, 0.5) is 0 Å². The maximum Gasteiger partial charge on any atom is 0.154 e. The van der Waals surface area contributed by atoms with E-state index in [1.165, 1.54) is 0 Å². The van der Waals surface area contributed by atoms with E-state index < -0.39 is 6.04 Å². The Morgan fingerprint density at radius 1 is 1.60 bits per heavy atom. The molecule has 0 aromatic carbocycles. The molecule has 1 atom stereocenters. The number of nitrogens with two attached hydrogens (primary N) is 1. The van der Waals surface area contributed by atoms with Crippen LogP contribution in [0.25, 0.3) is 0 Å². The van der Waals surface area contributed by atoms with Crippen molar-refractivity contribution in [3.63, 3.8) is 0 Å². The lowest BCUT2D eigenvalue weighted by atomic mass is 10.0. The second kappa shape index (κ2) is 5.38. The summed E-state index contributed by atoms with van der Waals surface area (Å²) in [5.41, 5.74) is 5.22. The molecule has 0 saturated carbocycles. The largest absolute Gasteiger partial charge is 0.394 e. The first-order valence-electron chi connectivity index (χ1n) is 2.99. The van der Waals surface area contributed by atoms with Crippen LogP contribution in [0.2, 0.25) is 0 Å². The number of hydrogen-bond acceptors (Lipinski definition) is 3. The summed E-state index contributed by atoms with van der Waals surface area (Å²) < 4.78 is 0. The summed E-state index contributed by atoms with van der Waals surface area (Å²) in [6.07, 6.45) is 0. The molecule has 0 fully saturated rings. The molecule has 0 spiro atoms. The number of hydrogen-bond donors (Lipinski definition) is 2. The zero-order valence-electron chi connectivity index (χ0n) is 5.79. The first-order valence-corrected chi connectivity index (χ1v) is 2.99. The Kier molecular flexibility index (Phi) is 6.61. The minimum absolute atomic E-state index is 0. The van der Waals surface area contributed by atoms with Gasteiger partial charge in [-0.25, -0.2) is 0 Å². The number of Topliss-reactive ketones (excluding diaryl/α,β-unsaturated/α-hetero) is 1. The van der Waals surface area contributed by atoms with Crippen molar-refractivity contribution in [2.45, 2.75) is 27.3 Å². The highest BCUT2D eigenvalue weighted by Gasteiger charge is 2.14. The number of aliphatic hydroxyl groups excluding tert-OH is 1. The Balaban J connectivity index is 0. The van der Waals surface area contributed by atoms with Gasteiger partial charge in [-0.05, 0) is 0 Å². The molecular weight excluding hydrogens is 130 g/mol. The quantitative estimate of drug-likeness (QED) is 0.598. The van der Waals surface area contributed by atoms with Crippen LogP contribution in [0.3, 0.4) is 0 Å². The Bertz CT molecular complexity index is 102. The summed E-state index contributed by atoms with van der Waals surface area (Å²) in [6, 6.07) is -0.690. The van der Waals surface area contributed by atoms with Gasteiger partial charge in [0.2, 0.25) is 0 Å². The van der Waals surface area contributed by atoms with Crippen molar-refractivity contribution in [3.05, 3.63) is 0 Å². The van der Waals surface area contributed by atoms with E-state index in [0.717, 1.165) is 0 Å². The molecule has 62 valence electrons. The molecule has 0 saturated heterocycles. The van der Waals surface area contributed by atoms with Gasteiger partial charge in [-0.2, -0.15) is 0 Å². The van der Waals surface area contributed by atoms with Crippen LogP contribution >= 0.6 is 0 Å². The maximum atomic E-state index is 10.8. The molecule has 0 aromatic rings. The third kappa shape index (κ3) is 3.58. The molecule has 0 aliphatic heterocycles. The van der Waals surface area contributed by atoms with Crippen molar-refractivity contribution in [2.75, 3.05) is 6.61 Å². The zero-order valence-corrected chi connectivity index (χ0v) is 5.79. The predicted octanol–water partition coefficient (Wildman–Crippen LogP) is 0.167. The fourth-order valence-corrected chi connectivity index (χ4v) is 0.518. The van der Waals surface area contributed by atoms with Gasteiger partial charge < -0.3 is 10.8 Å². The molecule has 0 aliphatic rings. The van der Waals surface area contributed by atoms with Crippen molar-refractivity contribution in [3.8, 4) is 0 Å². The van der Waals surface area contributed by atoms with E-state index in [-0.39, 0.29) is 25.7 Å². The summed E-state index contributed by atoms with van der Waals surface area (Å²) in [5, 5.41) is 8.41. The highest BCUT2D eigenvalue weighted by atomic mass is 16.3. The van der Waals surface area contributed by atoms with Gasteiger partial charge in [-0.1, -0.05) is 21.3 Å².